The predicted octanol–water partition coefficient (Wildman–Crippen LogP) is 1.22. The molecule has 6 heteroatoms. The summed E-state index contributed by atoms with van der Waals surface area (Å²) in [5.41, 5.74) is 2.52. The number of aliphatic hydroxyl groups excluding tert-OH is 1. The van der Waals surface area contributed by atoms with Crippen molar-refractivity contribution in [2.45, 2.75) is 37.2 Å². The molecule has 1 spiro atoms. The van der Waals surface area contributed by atoms with Gasteiger partial charge < -0.3 is 10.0 Å². The number of likely N-dealkylation sites (tertiary alicyclic amines) is 1. The summed E-state index contributed by atoms with van der Waals surface area (Å²) in [5.74, 6) is 0.201. The minimum atomic E-state index is -3.10. The highest BCUT2D eigenvalue weighted by Crippen LogP contribution is 2.46. The number of aliphatic hydroxyl groups is 1. The van der Waals surface area contributed by atoms with E-state index in [-0.39, 0.29) is 17.3 Å². The molecule has 1 aliphatic carbocycles. The van der Waals surface area contributed by atoms with Gasteiger partial charge in [0.05, 0.1) is 11.9 Å². The first-order chi connectivity index (χ1) is 11.3. The molecule has 134 valence electrons. The van der Waals surface area contributed by atoms with Crippen molar-refractivity contribution in [1.29, 1.82) is 0 Å². The Morgan fingerprint density at radius 2 is 1.92 bits per heavy atom. The summed E-state index contributed by atoms with van der Waals surface area (Å²) in [6.45, 7) is 2.65. The maximum Gasteiger partial charge on any atom is 0.213 e. The van der Waals surface area contributed by atoms with E-state index >= 15 is 0 Å². The van der Waals surface area contributed by atoms with E-state index in [1.54, 1.807) is 14.1 Å². The van der Waals surface area contributed by atoms with Crippen LogP contribution < -0.4 is 0 Å². The molecule has 1 aromatic carbocycles. The van der Waals surface area contributed by atoms with Crippen molar-refractivity contribution in [1.82, 2.24) is 9.21 Å². The highest BCUT2D eigenvalue weighted by atomic mass is 32.2. The third kappa shape index (κ3) is 3.25. The molecule has 0 saturated carbocycles. The molecule has 0 radical (unpaired) electrons. The van der Waals surface area contributed by atoms with Crippen LogP contribution in [0.5, 0.6) is 0 Å². The maximum absolute atomic E-state index is 11.8. The van der Waals surface area contributed by atoms with E-state index < -0.39 is 10.0 Å². The van der Waals surface area contributed by atoms with Crippen molar-refractivity contribution >= 4 is 10.0 Å². The molecule has 0 aromatic heterocycles. The molecule has 1 N–H and O–H groups in total. The molecule has 1 fully saturated rings. The largest absolute Gasteiger partial charge is 0.392 e. The number of benzene rings is 1. The van der Waals surface area contributed by atoms with Gasteiger partial charge in [-0.25, -0.2) is 12.7 Å². The SMILES string of the molecule is CN(C)S(=O)(=O)CCCN1CCC2(CC1)c1ccccc1C[C@@H]2O. The smallest absolute Gasteiger partial charge is 0.213 e. The van der Waals surface area contributed by atoms with Gasteiger partial charge in [-0.05, 0) is 56.4 Å². The molecule has 0 amide bonds. The molecular formula is C18H28N2O3S. The molecule has 5 nitrogen and oxygen atoms in total. The van der Waals surface area contributed by atoms with Crippen LogP contribution in [0.1, 0.15) is 30.4 Å². The summed E-state index contributed by atoms with van der Waals surface area (Å²) in [4.78, 5) is 2.34. The van der Waals surface area contributed by atoms with E-state index in [0.29, 0.717) is 6.42 Å². The van der Waals surface area contributed by atoms with Crippen LogP contribution in [0, 0.1) is 0 Å². The van der Waals surface area contributed by atoms with Crippen LogP contribution >= 0.6 is 0 Å². The topological polar surface area (TPSA) is 60.9 Å². The summed E-state index contributed by atoms with van der Waals surface area (Å²) >= 11 is 0. The van der Waals surface area contributed by atoms with Crippen molar-refractivity contribution in [2.24, 2.45) is 0 Å². The molecule has 1 atom stereocenters. The highest BCUT2D eigenvalue weighted by molar-refractivity contribution is 7.89. The second-order valence-corrected chi connectivity index (χ2v) is 9.63. The van der Waals surface area contributed by atoms with Gasteiger partial charge in [0, 0.05) is 19.5 Å². The van der Waals surface area contributed by atoms with Crippen LogP contribution in [0.2, 0.25) is 0 Å². The first kappa shape index (κ1) is 17.9. The number of rotatable bonds is 5. The Balaban J connectivity index is 1.57. The summed E-state index contributed by atoms with van der Waals surface area (Å²) in [6, 6.07) is 8.42. The number of sulfonamides is 1. The van der Waals surface area contributed by atoms with E-state index in [0.717, 1.165) is 38.9 Å². The zero-order chi connectivity index (χ0) is 17.4. The van der Waals surface area contributed by atoms with Gasteiger partial charge in [0.25, 0.3) is 0 Å². The fraction of sp³-hybridized carbons (Fsp3) is 0.667. The third-order valence-corrected chi connectivity index (χ3v) is 7.70. The van der Waals surface area contributed by atoms with Crippen LogP contribution in [0.25, 0.3) is 0 Å². The normalized spacial score (nSPS) is 23.8. The second-order valence-electron chi connectivity index (χ2n) is 7.33. The zero-order valence-electron chi connectivity index (χ0n) is 14.6. The van der Waals surface area contributed by atoms with E-state index in [4.69, 9.17) is 0 Å². The summed E-state index contributed by atoms with van der Waals surface area (Å²) in [6.07, 6.45) is 3.03. The first-order valence-electron chi connectivity index (χ1n) is 8.74. The zero-order valence-corrected chi connectivity index (χ0v) is 15.4. The van der Waals surface area contributed by atoms with E-state index in [2.05, 4.69) is 23.1 Å². The van der Waals surface area contributed by atoms with Gasteiger partial charge >= 0.3 is 0 Å². The molecule has 1 heterocycles. The van der Waals surface area contributed by atoms with Gasteiger partial charge in [-0.1, -0.05) is 24.3 Å². The number of piperidine rings is 1. The fourth-order valence-corrected chi connectivity index (χ4v) is 5.06. The third-order valence-electron chi connectivity index (χ3n) is 5.79. The number of hydrogen-bond donors (Lipinski definition) is 1. The molecule has 0 unspecified atom stereocenters. The second kappa shape index (κ2) is 6.75. The molecule has 0 bridgehead atoms. The quantitative estimate of drug-likeness (QED) is 0.866. The van der Waals surface area contributed by atoms with Gasteiger partial charge in [0.1, 0.15) is 0 Å². The maximum atomic E-state index is 11.8. The van der Waals surface area contributed by atoms with Gasteiger partial charge in [-0.15, -0.1) is 0 Å². The van der Waals surface area contributed by atoms with Crippen molar-refractivity contribution in [3.63, 3.8) is 0 Å². The Morgan fingerprint density at radius 3 is 2.58 bits per heavy atom. The van der Waals surface area contributed by atoms with Gasteiger partial charge in [-0.2, -0.15) is 0 Å². The number of nitrogens with zero attached hydrogens (tertiary/aromatic N) is 2. The lowest BCUT2D eigenvalue weighted by Crippen LogP contribution is -2.47. The van der Waals surface area contributed by atoms with Crippen molar-refractivity contribution in [3.05, 3.63) is 35.4 Å². The minimum Gasteiger partial charge on any atom is -0.392 e. The molecular weight excluding hydrogens is 324 g/mol. The average Bonchev–Trinajstić information content (AvgIpc) is 2.81. The Bertz CT molecular complexity index is 679. The summed E-state index contributed by atoms with van der Waals surface area (Å²) in [5, 5.41) is 10.7. The van der Waals surface area contributed by atoms with E-state index in [1.807, 2.05) is 6.07 Å². The van der Waals surface area contributed by atoms with Crippen LogP contribution in [0.4, 0.5) is 0 Å². The molecule has 1 aromatic rings. The Morgan fingerprint density at radius 1 is 1.25 bits per heavy atom. The molecule has 2 aliphatic rings. The summed E-state index contributed by atoms with van der Waals surface area (Å²) < 4.78 is 25.0. The monoisotopic (exact) mass is 352 g/mol. The lowest BCUT2D eigenvalue weighted by molar-refractivity contribution is 0.0435. The lowest BCUT2D eigenvalue weighted by Gasteiger charge is -2.42. The van der Waals surface area contributed by atoms with Gasteiger partial charge in [0.2, 0.25) is 10.0 Å². The van der Waals surface area contributed by atoms with Gasteiger partial charge in [-0.3, -0.25) is 0 Å². The first-order valence-corrected chi connectivity index (χ1v) is 10.3. The Hall–Kier alpha value is -0.950. The van der Waals surface area contributed by atoms with Crippen molar-refractivity contribution in [3.8, 4) is 0 Å². The van der Waals surface area contributed by atoms with Crippen molar-refractivity contribution in [2.75, 3.05) is 39.5 Å². The standard InChI is InChI=1S/C18H28N2O3S/c1-19(2)24(22,23)13-5-10-20-11-8-18(9-12-20)16-7-4-3-6-15(16)14-17(18)21/h3-4,6-7,17,21H,5,8-14H2,1-2H3/t17-/m0/s1. The number of fused-ring (bicyclic) bond motifs is 2. The fourth-order valence-electron chi connectivity index (χ4n) is 4.20. The minimum absolute atomic E-state index is 0.0944. The molecule has 1 aliphatic heterocycles. The van der Waals surface area contributed by atoms with E-state index in [9.17, 15) is 13.5 Å². The van der Waals surface area contributed by atoms with Gasteiger partial charge in [0.15, 0.2) is 0 Å². The van der Waals surface area contributed by atoms with Crippen LogP contribution in [-0.4, -0.2) is 68.3 Å². The predicted molar refractivity (Wildman–Crippen MR) is 95.6 cm³/mol. The Kier molecular flexibility index (Phi) is 5.02. The number of hydrogen-bond acceptors (Lipinski definition) is 4. The molecule has 1 saturated heterocycles. The molecule has 24 heavy (non-hydrogen) atoms. The Labute approximate surface area is 145 Å². The van der Waals surface area contributed by atoms with Crippen molar-refractivity contribution < 1.29 is 13.5 Å². The van der Waals surface area contributed by atoms with Crippen LogP contribution in [0.15, 0.2) is 24.3 Å². The van der Waals surface area contributed by atoms with Crippen LogP contribution in [0.3, 0.4) is 0 Å². The lowest BCUT2D eigenvalue weighted by atomic mass is 9.72. The summed E-state index contributed by atoms with van der Waals surface area (Å²) in [7, 11) is 0.0612. The average molecular weight is 352 g/mol. The van der Waals surface area contributed by atoms with E-state index in [1.165, 1.54) is 15.4 Å². The highest BCUT2D eigenvalue weighted by Gasteiger charge is 2.47. The van der Waals surface area contributed by atoms with Crippen LogP contribution in [-0.2, 0) is 21.9 Å². The molecule has 3 rings (SSSR count).